The van der Waals surface area contributed by atoms with Crippen LogP contribution in [0.4, 0.5) is 5.13 Å². The van der Waals surface area contributed by atoms with Crippen molar-refractivity contribution in [2.24, 2.45) is 5.92 Å². The number of carbonyl (C=O) groups is 2. The molecule has 2 aromatic rings. The van der Waals surface area contributed by atoms with E-state index in [2.05, 4.69) is 41.5 Å². The van der Waals surface area contributed by atoms with Gasteiger partial charge in [0.05, 0.1) is 11.6 Å². The standard InChI is InChI=1S/C22H28N2O3S/c1-3-4-7-16-10-12-17(13-11-16)20-15(2)28-22(23-20)24-21(26)18-8-5-6-9-19(18)27-14-25/h10-14,18-19H,3-9H2,1-2H3,(H,23,24,26). The molecular weight excluding hydrogens is 372 g/mol. The molecule has 28 heavy (non-hydrogen) atoms. The van der Waals surface area contributed by atoms with E-state index in [4.69, 9.17) is 4.74 Å². The summed E-state index contributed by atoms with van der Waals surface area (Å²) in [6, 6.07) is 8.53. The highest BCUT2D eigenvalue weighted by molar-refractivity contribution is 7.16. The Kier molecular flexibility index (Phi) is 7.20. The van der Waals surface area contributed by atoms with Gasteiger partial charge in [-0.15, -0.1) is 11.3 Å². The third kappa shape index (κ3) is 4.98. The predicted molar refractivity (Wildman–Crippen MR) is 112 cm³/mol. The quantitative estimate of drug-likeness (QED) is 0.624. The molecule has 0 spiro atoms. The fourth-order valence-electron chi connectivity index (χ4n) is 3.76. The van der Waals surface area contributed by atoms with E-state index in [1.54, 1.807) is 0 Å². The van der Waals surface area contributed by atoms with E-state index in [0.717, 1.165) is 48.2 Å². The number of aryl methyl sites for hydroxylation is 2. The van der Waals surface area contributed by atoms with Gasteiger partial charge in [-0.25, -0.2) is 4.98 Å². The van der Waals surface area contributed by atoms with Gasteiger partial charge in [0.1, 0.15) is 6.10 Å². The van der Waals surface area contributed by atoms with Crippen LogP contribution in [0.2, 0.25) is 0 Å². The number of nitrogens with zero attached hydrogens (tertiary/aromatic N) is 1. The van der Waals surface area contributed by atoms with Crippen LogP contribution >= 0.6 is 11.3 Å². The molecule has 1 N–H and O–H groups in total. The van der Waals surface area contributed by atoms with Crippen LogP contribution in [0.3, 0.4) is 0 Å². The lowest BCUT2D eigenvalue weighted by atomic mass is 9.86. The summed E-state index contributed by atoms with van der Waals surface area (Å²) >= 11 is 1.48. The average Bonchev–Trinajstić information content (AvgIpc) is 3.07. The van der Waals surface area contributed by atoms with Crippen LogP contribution in [-0.4, -0.2) is 23.5 Å². The Morgan fingerprint density at radius 2 is 2.04 bits per heavy atom. The first-order valence-electron chi connectivity index (χ1n) is 10.1. The molecule has 1 saturated carbocycles. The van der Waals surface area contributed by atoms with Crippen LogP contribution in [0, 0.1) is 12.8 Å². The first-order valence-corrected chi connectivity index (χ1v) is 10.9. The van der Waals surface area contributed by atoms with Crippen molar-refractivity contribution in [2.45, 2.75) is 64.9 Å². The molecule has 0 saturated heterocycles. The highest BCUT2D eigenvalue weighted by atomic mass is 32.1. The van der Waals surface area contributed by atoms with Crippen LogP contribution < -0.4 is 5.32 Å². The molecule has 1 aromatic heterocycles. The monoisotopic (exact) mass is 400 g/mol. The summed E-state index contributed by atoms with van der Waals surface area (Å²) in [6.07, 6.45) is 6.59. The van der Waals surface area contributed by atoms with Crippen molar-refractivity contribution in [2.75, 3.05) is 5.32 Å². The van der Waals surface area contributed by atoms with Crippen LogP contribution in [0.1, 0.15) is 55.9 Å². The SMILES string of the molecule is CCCCc1ccc(-c2nc(NC(=O)C3CCCCC3OC=O)sc2C)cc1. The summed E-state index contributed by atoms with van der Waals surface area (Å²) in [7, 11) is 0. The highest BCUT2D eigenvalue weighted by Gasteiger charge is 2.32. The molecule has 1 aromatic carbocycles. The lowest BCUT2D eigenvalue weighted by molar-refractivity contribution is -0.141. The fourth-order valence-corrected chi connectivity index (χ4v) is 4.60. The molecule has 1 amide bonds. The summed E-state index contributed by atoms with van der Waals surface area (Å²) in [6.45, 7) is 4.67. The van der Waals surface area contributed by atoms with E-state index in [0.29, 0.717) is 11.6 Å². The number of benzene rings is 1. The largest absolute Gasteiger partial charge is 0.464 e. The van der Waals surface area contributed by atoms with Crippen LogP contribution in [0.25, 0.3) is 11.3 Å². The maximum absolute atomic E-state index is 12.7. The van der Waals surface area contributed by atoms with E-state index in [-0.39, 0.29) is 17.9 Å². The number of amides is 1. The third-order valence-corrected chi connectivity index (χ3v) is 6.23. The lowest BCUT2D eigenvalue weighted by Crippen LogP contribution is -2.36. The van der Waals surface area contributed by atoms with Gasteiger partial charge in [-0.1, -0.05) is 44.0 Å². The van der Waals surface area contributed by atoms with Gasteiger partial charge in [0.2, 0.25) is 5.91 Å². The van der Waals surface area contributed by atoms with Gasteiger partial charge in [-0.05, 0) is 44.6 Å². The van der Waals surface area contributed by atoms with E-state index >= 15 is 0 Å². The number of aromatic nitrogens is 1. The number of hydrogen-bond donors (Lipinski definition) is 1. The van der Waals surface area contributed by atoms with Crippen molar-refractivity contribution in [3.63, 3.8) is 0 Å². The van der Waals surface area contributed by atoms with Crippen molar-refractivity contribution >= 4 is 28.8 Å². The molecule has 0 aliphatic heterocycles. The summed E-state index contributed by atoms with van der Waals surface area (Å²) in [5, 5.41) is 3.54. The number of carbonyl (C=O) groups excluding carboxylic acids is 2. The minimum absolute atomic E-state index is 0.109. The predicted octanol–water partition coefficient (Wildman–Crippen LogP) is 5.13. The van der Waals surface area contributed by atoms with Gasteiger partial charge in [-0.3, -0.25) is 9.59 Å². The van der Waals surface area contributed by atoms with E-state index in [9.17, 15) is 9.59 Å². The highest BCUT2D eigenvalue weighted by Crippen LogP contribution is 2.32. The van der Waals surface area contributed by atoms with Crippen LogP contribution in [-0.2, 0) is 20.7 Å². The zero-order valence-electron chi connectivity index (χ0n) is 16.6. The zero-order chi connectivity index (χ0) is 19.9. The second-order valence-corrected chi connectivity index (χ2v) is 8.58. The Morgan fingerprint density at radius 3 is 2.75 bits per heavy atom. The van der Waals surface area contributed by atoms with Crippen LogP contribution in [0.15, 0.2) is 24.3 Å². The molecule has 0 radical (unpaired) electrons. The van der Waals surface area contributed by atoms with Gasteiger partial charge in [-0.2, -0.15) is 0 Å². The second-order valence-electron chi connectivity index (χ2n) is 7.38. The van der Waals surface area contributed by atoms with Crippen molar-refractivity contribution in [3.8, 4) is 11.3 Å². The Labute approximate surface area is 170 Å². The molecule has 1 aliphatic carbocycles. The van der Waals surface area contributed by atoms with Crippen LogP contribution in [0.5, 0.6) is 0 Å². The lowest BCUT2D eigenvalue weighted by Gasteiger charge is -2.28. The maximum Gasteiger partial charge on any atom is 0.293 e. The summed E-state index contributed by atoms with van der Waals surface area (Å²) < 4.78 is 5.13. The topological polar surface area (TPSA) is 68.3 Å². The Hall–Kier alpha value is -2.21. The van der Waals surface area contributed by atoms with Gasteiger partial charge in [0, 0.05) is 10.4 Å². The summed E-state index contributed by atoms with van der Waals surface area (Å²) in [4.78, 5) is 29.2. The number of rotatable bonds is 8. The van der Waals surface area contributed by atoms with Gasteiger partial charge >= 0.3 is 0 Å². The molecule has 3 rings (SSSR count). The molecule has 6 heteroatoms. The van der Waals surface area contributed by atoms with E-state index in [1.807, 2.05) is 6.92 Å². The summed E-state index contributed by atoms with van der Waals surface area (Å²) in [5.74, 6) is -0.411. The normalized spacial score (nSPS) is 19.2. The molecule has 2 atom stereocenters. The molecule has 1 fully saturated rings. The number of hydrogen-bond acceptors (Lipinski definition) is 5. The third-order valence-electron chi connectivity index (χ3n) is 5.34. The number of thiazole rings is 1. The Bertz CT molecular complexity index is 801. The molecule has 5 nitrogen and oxygen atoms in total. The smallest absolute Gasteiger partial charge is 0.293 e. The molecule has 1 aliphatic rings. The number of anilines is 1. The minimum Gasteiger partial charge on any atom is -0.464 e. The molecule has 1 heterocycles. The maximum atomic E-state index is 12.7. The van der Waals surface area contributed by atoms with E-state index < -0.39 is 0 Å². The zero-order valence-corrected chi connectivity index (χ0v) is 17.4. The number of unbranched alkanes of at least 4 members (excludes halogenated alkanes) is 1. The molecular formula is C22H28N2O3S. The van der Waals surface area contributed by atoms with E-state index in [1.165, 1.54) is 29.7 Å². The molecule has 0 bridgehead atoms. The Balaban J connectivity index is 1.69. The molecule has 150 valence electrons. The molecule has 2 unspecified atom stereocenters. The second kappa shape index (κ2) is 9.82. The van der Waals surface area contributed by atoms with Crippen molar-refractivity contribution in [3.05, 3.63) is 34.7 Å². The van der Waals surface area contributed by atoms with Crippen molar-refractivity contribution < 1.29 is 14.3 Å². The minimum atomic E-state index is -0.331. The first-order chi connectivity index (χ1) is 13.6. The number of ether oxygens (including phenoxy) is 1. The van der Waals surface area contributed by atoms with Gasteiger partial charge < -0.3 is 10.1 Å². The average molecular weight is 401 g/mol. The fraction of sp³-hybridized carbons (Fsp3) is 0.500. The Morgan fingerprint density at radius 1 is 1.29 bits per heavy atom. The van der Waals surface area contributed by atoms with Gasteiger partial charge in [0.25, 0.3) is 6.47 Å². The van der Waals surface area contributed by atoms with Gasteiger partial charge in [0.15, 0.2) is 5.13 Å². The van der Waals surface area contributed by atoms with Crippen molar-refractivity contribution in [1.29, 1.82) is 0 Å². The summed E-state index contributed by atoms with van der Waals surface area (Å²) in [5.41, 5.74) is 3.31. The van der Waals surface area contributed by atoms with Crippen molar-refractivity contribution in [1.82, 2.24) is 4.98 Å². The number of nitrogens with one attached hydrogen (secondary N) is 1. The first kappa shape index (κ1) is 20.5.